The second-order valence-corrected chi connectivity index (χ2v) is 16.1. The lowest BCUT2D eigenvalue weighted by molar-refractivity contribution is -0.141. The van der Waals surface area contributed by atoms with Gasteiger partial charge in [-0.15, -0.1) is 0 Å². The Morgan fingerprint density at radius 1 is 0.865 bits per heavy atom. The maximum atomic E-state index is 13.4. The summed E-state index contributed by atoms with van der Waals surface area (Å²) < 4.78 is 41.1. The number of carbonyl (C=O) groups excluding carboxylic acids is 1. The van der Waals surface area contributed by atoms with E-state index in [1.54, 1.807) is 21.3 Å². The van der Waals surface area contributed by atoms with Gasteiger partial charge in [0.05, 0.1) is 40.0 Å². The van der Waals surface area contributed by atoms with Crippen molar-refractivity contribution >= 4 is 14.3 Å². The number of hydrogen-bond donors (Lipinski definition) is 0. The fraction of sp³-hybridized carbons (Fsp3) is 0.536. The van der Waals surface area contributed by atoms with Gasteiger partial charge in [-0.25, -0.2) is 0 Å². The van der Waals surface area contributed by atoms with Crippen LogP contribution in [-0.4, -0.2) is 49.0 Å². The first-order valence-electron chi connectivity index (χ1n) is 12.6. The Bertz CT molecular complexity index is 1190. The van der Waals surface area contributed by atoms with Gasteiger partial charge in [-0.2, -0.15) is 0 Å². The molecule has 2 aromatic carbocycles. The van der Waals surface area contributed by atoms with Crippen molar-refractivity contribution in [2.75, 3.05) is 34.7 Å². The minimum absolute atomic E-state index is 0.00393. The van der Waals surface area contributed by atoms with Gasteiger partial charge in [-0.3, -0.25) is 4.79 Å². The van der Waals surface area contributed by atoms with E-state index in [9.17, 15) is 4.79 Å². The Hall–Kier alpha value is -2.91. The van der Waals surface area contributed by atoms with Crippen LogP contribution >= 0.6 is 0 Å². The number of ether oxygens (including phenoxy) is 6. The first-order chi connectivity index (χ1) is 17.5. The van der Waals surface area contributed by atoms with Crippen molar-refractivity contribution in [2.24, 2.45) is 11.8 Å². The molecule has 1 aliphatic carbocycles. The van der Waals surface area contributed by atoms with E-state index in [2.05, 4.69) is 33.9 Å². The molecule has 0 unspecified atom stereocenters. The van der Waals surface area contributed by atoms with Crippen molar-refractivity contribution in [2.45, 2.75) is 50.9 Å². The van der Waals surface area contributed by atoms with Crippen LogP contribution in [0.1, 0.15) is 49.5 Å². The normalized spacial score (nSPS) is 24.3. The maximum absolute atomic E-state index is 13.4. The summed E-state index contributed by atoms with van der Waals surface area (Å²) in [6.07, 6.45) is -0.305. The summed E-state index contributed by atoms with van der Waals surface area (Å²) in [5.41, 5.74) is 2.84. The van der Waals surface area contributed by atoms with E-state index in [1.807, 2.05) is 24.3 Å². The summed E-state index contributed by atoms with van der Waals surface area (Å²) in [7, 11) is 2.54. The quantitative estimate of drug-likeness (QED) is 0.362. The Kier molecular flexibility index (Phi) is 6.35. The largest absolute Gasteiger partial charge is 0.493 e. The van der Waals surface area contributed by atoms with Gasteiger partial charge in [-0.05, 0) is 59.1 Å². The van der Waals surface area contributed by atoms with E-state index in [0.717, 1.165) is 16.7 Å². The lowest BCUT2D eigenvalue weighted by atomic mass is 9.66. The van der Waals surface area contributed by atoms with E-state index in [4.69, 9.17) is 32.8 Å². The topological polar surface area (TPSA) is 81.7 Å². The van der Waals surface area contributed by atoms with Crippen molar-refractivity contribution < 1.29 is 37.6 Å². The fourth-order valence-corrected chi connectivity index (χ4v) is 6.73. The number of carbonyl (C=O) groups is 1. The zero-order chi connectivity index (χ0) is 26.7. The lowest BCUT2D eigenvalue weighted by Gasteiger charge is -2.45. The molecule has 9 heteroatoms. The minimum Gasteiger partial charge on any atom is -0.493 e. The molecule has 2 aromatic rings. The average Bonchev–Trinajstić information content (AvgIpc) is 3.47. The van der Waals surface area contributed by atoms with Crippen molar-refractivity contribution in [3.63, 3.8) is 0 Å². The molecule has 2 aliphatic heterocycles. The highest BCUT2D eigenvalue weighted by molar-refractivity contribution is 6.74. The van der Waals surface area contributed by atoms with Crippen LogP contribution in [0.4, 0.5) is 0 Å². The Labute approximate surface area is 219 Å². The molecule has 3 aliphatic rings. The molecule has 200 valence electrons. The number of fused-ring (bicyclic) bond motifs is 3. The second kappa shape index (κ2) is 9.13. The molecule has 0 radical (unpaired) electrons. The van der Waals surface area contributed by atoms with Crippen LogP contribution in [0.15, 0.2) is 24.3 Å². The summed E-state index contributed by atoms with van der Waals surface area (Å²) in [5.74, 6) is 1.77. The van der Waals surface area contributed by atoms with Gasteiger partial charge in [0.25, 0.3) is 0 Å². The van der Waals surface area contributed by atoms with E-state index < -0.39 is 14.2 Å². The van der Waals surface area contributed by atoms with Crippen LogP contribution in [0.2, 0.25) is 18.1 Å². The van der Waals surface area contributed by atoms with Crippen LogP contribution in [0.3, 0.4) is 0 Å². The average molecular weight is 529 g/mol. The highest BCUT2D eigenvalue weighted by Crippen LogP contribution is 2.57. The van der Waals surface area contributed by atoms with Crippen LogP contribution in [-0.2, 0) is 14.0 Å². The van der Waals surface area contributed by atoms with E-state index in [1.165, 1.54) is 0 Å². The number of rotatable bonds is 6. The van der Waals surface area contributed by atoms with Crippen LogP contribution in [0.25, 0.3) is 0 Å². The molecule has 0 aromatic heterocycles. The Morgan fingerprint density at radius 2 is 1.46 bits per heavy atom. The highest BCUT2D eigenvalue weighted by atomic mass is 28.4. The third-order valence-electron chi connectivity index (χ3n) is 8.39. The van der Waals surface area contributed by atoms with Crippen LogP contribution in [0.5, 0.6) is 28.7 Å². The molecule has 4 atom stereocenters. The Balaban J connectivity index is 1.73. The molecule has 0 saturated carbocycles. The standard InChI is InChI=1S/C28H36O8Si/c1-28(2,3)37(7,8)36-25-17-12-20-19(34-14-35-20)11-16(17)23(24-18(25)13-33-27(24)29)15-9-21(30-4)26(32-6)22(10-15)31-5/h9-12,18,23-25H,13-14H2,1-8H3/t18-,23-,24-,25-/m0/s1. The van der Waals surface area contributed by atoms with Gasteiger partial charge >= 0.3 is 5.97 Å². The lowest BCUT2D eigenvalue weighted by Crippen LogP contribution is -2.46. The smallest absolute Gasteiger partial charge is 0.310 e. The molecule has 1 fully saturated rings. The van der Waals surface area contributed by atoms with Gasteiger partial charge in [0.1, 0.15) is 0 Å². The molecule has 0 N–H and O–H groups in total. The van der Waals surface area contributed by atoms with Gasteiger partial charge in [0.2, 0.25) is 12.5 Å². The van der Waals surface area contributed by atoms with Crippen LogP contribution < -0.4 is 23.7 Å². The van der Waals surface area contributed by atoms with E-state index in [0.29, 0.717) is 35.4 Å². The SMILES string of the molecule is COc1cc([C@H]2c3cc4c(cc3[C@H](O[Si](C)(C)C(C)(C)C)[C@H]3COC(=O)[C@H]23)OCO4)cc(OC)c1OC. The Morgan fingerprint density at radius 3 is 2.00 bits per heavy atom. The minimum atomic E-state index is -2.21. The third-order valence-corrected chi connectivity index (χ3v) is 12.8. The summed E-state index contributed by atoms with van der Waals surface area (Å²) in [4.78, 5) is 13.4. The zero-order valence-electron chi connectivity index (χ0n) is 22.8. The number of benzene rings is 2. The third kappa shape index (κ3) is 4.12. The van der Waals surface area contributed by atoms with E-state index >= 15 is 0 Å². The number of hydrogen-bond acceptors (Lipinski definition) is 8. The van der Waals surface area contributed by atoms with Gasteiger partial charge in [0, 0.05) is 11.8 Å². The zero-order valence-corrected chi connectivity index (χ0v) is 23.8. The van der Waals surface area contributed by atoms with Crippen LogP contribution in [0, 0.1) is 11.8 Å². The summed E-state index contributed by atoms with van der Waals surface area (Å²) in [5, 5.41) is -0.00393. The summed E-state index contributed by atoms with van der Waals surface area (Å²) in [6.45, 7) is 11.6. The summed E-state index contributed by atoms with van der Waals surface area (Å²) >= 11 is 0. The molecule has 0 spiro atoms. The summed E-state index contributed by atoms with van der Waals surface area (Å²) in [6, 6.07) is 7.85. The molecule has 0 bridgehead atoms. The number of methoxy groups -OCH3 is 3. The molecule has 1 saturated heterocycles. The molecule has 0 amide bonds. The number of esters is 1. The maximum Gasteiger partial charge on any atom is 0.310 e. The fourth-order valence-electron chi connectivity index (χ4n) is 5.44. The predicted molar refractivity (Wildman–Crippen MR) is 139 cm³/mol. The molecular formula is C28H36O8Si. The first kappa shape index (κ1) is 25.7. The second-order valence-electron chi connectivity index (χ2n) is 11.4. The van der Waals surface area contributed by atoms with Crippen molar-refractivity contribution in [3.8, 4) is 28.7 Å². The molecular weight excluding hydrogens is 492 g/mol. The number of cyclic esters (lactones) is 1. The van der Waals surface area contributed by atoms with Crippen molar-refractivity contribution in [1.82, 2.24) is 0 Å². The predicted octanol–water partition coefficient (Wildman–Crippen LogP) is 5.44. The molecule has 5 rings (SSSR count). The van der Waals surface area contributed by atoms with Gasteiger partial charge in [-0.1, -0.05) is 20.8 Å². The molecule has 2 heterocycles. The first-order valence-corrected chi connectivity index (χ1v) is 15.5. The van der Waals surface area contributed by atoms with Crippen molar-refractivity contribution in [3.05, 3.63) is 41.0 Å². The van der Waals surface area contributed by atoms with Gasteiger partial charge < -0.3 is 32.8 Å². The molecule has 37 heavy (non-hydrogen) atoms. The van der Waals surface area contributed by atoms with Gasteiger partial charge in [0.15, 0.2) is 31.3 Å². The highest BCUT2D eigenvalue weighted by Gasteiger charge is 2.55. The van der Waals surface area contributed by atoms with Crippen molar-refractivity contribution in [1.29, 1.82) is 0 Å². The molecule has 8 nitrogen and oxygen atoms in total. The monoisotopic (exact) mass is 528 g/mol. The van der Waals surface area contributed by atoms with E-state index in [-0.39, 0.29) is 35.7 Å².